The lowest BCUT2D eigenvalue weighted by Crippen LogP contribution is -2.27. The summed E-state index contributed by atoms with van der Waals surface area (Å²) in [5.74, 6) is 0.777. The first kappa shape index (κ1) is 13.3. The topological polar surface area (TPSA) is 59.0 Å². The molecule has 1 aromatic carbocycles. The molecule has 5 heteroatoms. The van der Waals surface area contributed by atoms with Crippen LogP contribution in [0.1, 0.15) is 5.56 Å². The highest BCUT2D eigenvalue weighted by Gasteiger charge is 2.09. The number of benzene rings is 1. The summed E-state index contributed by atoms with van der Waals surface area (Å²) in [7, 11) is 3.25. The van der Waals surface area contributed by atoms with Gasteiger partial charge in [0, 0.05) is 13.6 Å². The second-order valence-electron chi connectivity index (χ2n) is 3.54. The quantitative estimate of drug-likeness (QED) is 0.840. The third kappa shape index (κ3) is 4.32. The molecule has 17 heavy (non-hydrogen) atoms. The molecular weight excluding hydrogens is 222 g/mol. The van der Waals surface area contributed by atoms with E-state index in [4.69, 9.17) is 14.6 Å². The fraction of sp³-hybridized carbons (Fsp3) is 0.417. The molecule has 0 fully saturated rings. The van der Waals surface area contributed by atoms with Crippen molar-refractivity contribution in [1.29, 1.82) is 0 Å². The molecule has 0 radical (unpaired) electrons. The van der Waals surface area contributed by atoms with Crippen LogP contribution < -0.4 is 4.74 Å². The van der Waals surface area contributed by atoms with E-state index in [-0.39, 0.29) is 13.2 Å². The summed E-state index contributed by atoms with van der Waals surface area (Å²) in [5, 5.41) is 8.53. The van der Waals surface area contributed by atoms with Crippen molar-refractivity contribution in [3.63, 3.8) is 0 Å². The standard InChI is InChI=1S/C12H17NO4/c1-13(12(15)17-8-7-14)9-10-3-5-11(16-2)6-4-10/h3-6,14H,7-9H2,1-2H3. The first-order valence-electron chi connectivity index (χ1n) is 5.29. The molecule has 0 unspecified atom stereocenters. The van der Waals surface area contributed by atoms with Gasteiger partial charge in [-0.25, -0.2) is 4.79 Å². The molecule has 1 aromatic rings. The minimum absolute atomic E-state index is 0.0196. The zero-order chi connectivity index (χ0) is 12.7. The molecule has 5 nitrogen and oxygen atoms in total. The normalized spacial score (nSPS) is 9.82. The first-order valence-corrected chi connectivity index (χ1v) is 5.29. The Bertz CT molecular complexity index is 350. The highest BCUT2D eigenvalue weighted by atomic mass is 16.6. The summed E-state index contributed by atoms with van der Waals surface area (Å²) in [6.07, 6.45) is -0.449. The number of aliphatic hydroxyl groups is 1. The monoisotopic (exact) mass is 239 g/mol. The number of hydrogen-bond donors (Lipinski definition) is 1. The SMILES string of the molecule is COc1ccc(CN(C)C(=O)OCCO)cc1. The minimum atomic E-state index is -0.449. The van der Waals surface area contributed by atoms with Gasteiger partial charge >= 0.3 is 6.09 Å². The highest BCUT2D eigenvalue weighted by Crippen LogP contribution is 2.12. The number of carbonyl (C=O) groups is 1. The molecule has 0 aliphatic carbocycles. The van der Waals surface area contributed by atoms with E-state index < -0.39 is 6.09 Å². The van der Waals surface area contributed by atoms with E-state index in [1.165, 1.54) is 4.90 Å². The molecule has 1 amide bonds. The number of rotatable bonds is 5. The van der Waals surface area contributed by atoms with Crippen molar-refractivity contribution in [1.82, 2.24) is 4.90 Å². The fourth-order valence-electron chi connectivity index (χ4n) is 1.31. The maximum atomic E-state index is 11.4. The molecule has 0 atom stereocenters. The van der Waals surface area contributed by atoms with Gasteiger partial charge in [-0.2, -0.15) is 0 Å². The highest BCUT2D eigenvalue weighted by molar-refractivity contribution is 5.67. The predicted molar refractivity (Wildman–Crippen MR) is 62.9 cm³/mol. The van der Waals surface area contributed by atoms with Crippen LogP contribution in [0.5, 0.6) is 5.75 Å². The van der Waals surface area contributed by atoms with Crippen LogP contribution in [-0.4, -0.2) is 43.5 Å². The lowest BCUT2D eigenvalue weighted by Gasteiger charge is -2.16. The molecule has 0 heterocycles. The summed E-state index contributed by atoms with van der Waals surface area (Å²) in [4.78, 5) is 12.8. The average Bonchev–Trinajstić information content (AvgIpc) is 2.36. The predicted octanol–water partition coefficient (Wildman–Crippen LogP) is 1.26. The van der Waals surface area contributed by atoms with Gasteiger partial charge in [-0.05, 0) is 17.7 Å². The Morgan fingerprint density at radius 3 is 2.53 bits per heavy atom. The molecule has 0 aliphatic heterocycles. The van der Waals surface area contributed by atoms with Crippen molar-refractivity contribution in [3.8, 4) is 5.75 Å². The zero-order valence-corrected chi connectivity index (χ0v) is 10.0. The van der Waals surface area contributed by atoms with Gasteiger partial charge in [0.1, 0.15) is 12.4 Å². The number of aliphatic hydroxyl groups excluding tert-OH is 1. The first-order chi connectivity index (χ1) is 8.17. The molecule has 94 valence electrons. The lowest BCUT2D eigenvalue weighted by atomic mass is 10.2. The summed E-state index contributed by atoms with van der Waals surface area (Å²) in [5.41, 5.74) is 0.981. The summed E-state index contributed by atoms with van der Waals surface area (Å²) < 4.78 is 9.82. The largest absolute Gasteiger partial charge is 0.497 e. The van der Waals surface area contributed by atoms with Gasteiger partial charge in [0.25, 0.3) is 0 Å². The zero-order valence-electron chi connectivity index (χ0n) is 10.0. The molecule has 0 aromatic heterocycles. The second kappa shape index (κ2) is 6.75. The third-order valence-corrected chi connectivity index (χ3v) is 2.21. The van der Waals surface area contributed by atoms with Crippen molar-refractivity contribution in [2.45, 2.75) is 6.54 Å². The van der Waals surface area contributed by atoms with Crippen LogP contribution in [0.3, 0.4) is 0 Å². The van der Waals surface area contributed by atoms with Gasteiger partial charge in [-0.1, -0.05) is 12.1 Å². The van der Waals surface area contributed by atoms with Crippen LogP contribution in [0, 0.1) is 0 Å². The molecule has 1 N–H and O–H groups in total. The number of hydrogen-bond acceptors (Lipinski definition) is 4. The van der Waals surface area contributed by atoms with Crippen LogP contribution in [0.2, 0.25) is 0 Å². The van der Waals surface area contributed by atoms with E-state index in [9.17, 15) is 4.79 Å². The molecular formula is C12H17NO4. The van der Waals surface area contributed by atoms with Crippen molar-refractivity contribution < 1.29 is 19.4 Å². The van der Waals surface area contributed by atoms with E-state index in [1.54, 1.807) is 14.2 Å². The maximum Gasteiger partial charge on any atom is 0.409 e. The van der Waals surface area contributed by atoms with Crippen LogP contribution in [0.15, 0.2) is 24.3 Å². The molecule has 0 saturated heterocycles. The Morgan fingerprint density at radius 2 is 2.00 bits per heavy atom. The Hall–Kier alpha value is -1.75. The third-order valence-electron chi connectivity index (χ3n) is 2.21. The molecule has 0 saturated carbocycles. The average molecular weight is 239 g/mol. The van der Waals surface area contributed by atoms with Crippen LogP contribution >= 0.6 is 0 Å². The van der Waals surface area contributed by atoms with E-state index in [0.717, 1.165) is 11.3 Å². The summed E-state index contributed by atoms with van der Waals surface area (Å²) in [6, 6.07) is 7.44. The van der Waals surface area contributed by atoms with Gasteiger partial charge in [0.2, 0.25) is 0 Å². The van der Waals surface area contributed by atoms with Gasteiger partial charge in [0.05, 0.1) is 13.7 Å². The Morgan fingerprint density at radius 1 is 1.35 bits per heavy atom. The second-order valence-corrected chi connectivity index (χ2v) is 3.54. The lowest BCUT2D eigenvalue weighted by molar-refractivity contribution is 0.0894. The maximum absolute atomic E-state index is 11.4. The van der Waals surface area contributed by atoms with Crippen molar-refractivity contribution in [2.75, 3.05) is 27.4 Å². The van der Waals surface area contributed by atoms with Crippen LogP contribution in [-0.2, 0) is 11.3 Å². The number of amides is 1. The number of methoxy groups -OCH3 is 1. The fourth-order valence-corrected chi connectivity index (χ4v) is 1.31. The smallest absolute Gasteiger partial charge is 0.409 e. The molecule has 0 aliphatic rings. The van der Waals surface area contributed by atoms with Gasteiger partial charge in [0.15, 0.2) is 0 Å². The van der Waals surface area contributed by atoms with E-state index in [0.29, 0.717) is 6.54 Å². The molecule has 0 bridgehead atoms. The Kier molecular flexibility index (Phi) is 5.29. The Labute approximate surface area is 101 Å². The van der Waals surface area contributed by atoms with Crippen LogP contribution in [0.25, 0.3) is 0 Å². The van der Waals surface area contributed by atoms with Gasteiger partial charge in [-0.3, -0.25) is 0 Å². The Balaban J connectivity index is 2.49. The summed E-state index contributed by atoms with van der Waals surface area (Å²) >= 11 is 0. The molecule has 1 rings (SSSR count). The van der Waals surface area contributed by atoms with Crippen LogP contribution in [0.4, 0.5) is 4.79 Å². The van der Waals surface area contributed by atoms with E-state index >= 15 is 0 Å². The van der Waals surface area contributed by atoms with E-state index in [1.807, 2.05) is 24.3 Å². The van der Waals surface area contributed by atoms with Crippen molar-refractivity contribution >= 4 is 6.09 Å². The summed E-state index contributed by atoms with van der Waals surface area (Å²) in [6.45, 7) is 0.308. The van der Waals surface area contributed by atoms with Crippen molar-refractivity contribution in [3.05, 3.63) is 29.8 Å². The van der Waals surface area contributed by atoms with Gasteiger partial charge < -0.3 is 19.5 Å². The van der Waals surface area contributed by atoms with E-state index in [2.05, 4.69) is 0 Å². The molecule has 0 spiro atoms. The number of carbonyl (C=O) groups excluding carboxylic acids is 1. The minimum Gasteiger partial charge on any atom is -0.497 e. The van der Waals surface area contributed by atoms with Crippen molar-refractivity contribution in [2.24, 2.45) is 0 Å². The van der Waals surface area contributed by atoms with Gasteiger partial charge in [-0.15, -0.1) is 0 Å². The number of ether oxygens (including phenoxy) is 2. The number of nitrogens with zero attached hydrogens (tertiary/aromatic N) is 1.